The molecular formula is C7H14O5. The minimum absolute atomic E-state index is 0.474. The first kappa shape index (κ1) is 9.88. The van der Waals surface area contributed by atoms with Crippen molar-refractivity contribution < 1.29 is 25.2 Å². The fourth-order valence-electron chi connectivity index (χ4n) is 1.27. The first-order valence-electron chi connectivity index (χ1n) is 3.95. The Labute approximate surface area is 70.2 Å². The Bertz CT molecular complexity index is 146. The maximum absolute atomic E-state index is 9.28. The molecule has 72 valence electrons. The molecular weight excluding hydrogens is 164 g/mol. The van der Waals surface area contributed by atoms with Gasteiger partial charge in [-0.3, -0.25) is 0 Å². The number of aliphatic hydroxyl groups is 4. The Hall–Kier alpha value is -0.200. The van der Waals surface area contributed by atoms with Crippen molar-refractivity contribution >= 4 is 0 Å². The highest BCUT2D eigenvalue weighted by Gasteiger charge is 2.41. The summed E-state index contributed by atoms with van der Waals surface area (Å²) in [7, 11) is 0. The first-order chi connectivity index (χ1) is 5.57. The van der Waals surface area contributed by atoms with E-state index in [-0.39, 0.29) is 0 Å². The van der Waals surface area contributed by atoms with Gasteiger partial charge in [0.2, 0.25) is 0 Å². The van der Waals surface area contributed by atoms with Gasteiger partial charge in [-0.15, -0.1) is 0 Å². The van der Waals surface area contributed by atoms with Crippen LogP contribution in [0.1, 0.15) is 13.3 Å². The molecule has 1 rings (SSSR count). The Morgan fingerprint density at radius 1 is 1.00 bits per heavy atom. The van der Waals surface area contributed by atoms with Crippen molar-refractivity contribution in [3.63, 3.8) is 0 Å². The van der Waals surface area contributed by atoms with Crippen LogP contribution in [0.2, 0.25) is 0 Å². The van der Waals surface area contributed by atoms with Gasteiger partial charge >= 0.3 is 0 Å². The largest absolute Gasteiger partial charge is 0.388 e. The summed E-state index contributed by atoms with van der Waals surface area (Å²) in [4.78, 5) is 0. The van der Waals surface area contributed by atoms with Crippen molar-refractivity contribution in [2.75, 3.05) is 0 Å². The Kier molecular flexibility index (Phi) is 3.03. The predicted molar refractivity (Wildman–Crippen MR) is 39.2 cm³/mol. The smallest absolute Gasteiger partial charge is 0.183 e. The second-order valence-corrected chi connectivity index (χ2v) is 2.95. The third-order valence-corrected chi connectivity index (χ3v) is 2.09. The summed E-state index contributed by atoms with van der Waals surface area (Å²) >= 11 is 0. The first-order valence-corrected chi connectivity index (χ1v) is 3.95. The molecule has 1 saturated heterocycles. The summed E-state index contributed by atoms with van der Waals surface area (Å²) in [6.07, 6.45) is -5.44. The lowest BCUT2D eigenvalue weighted by Crippen LogP contribution is -2.57. The number of ether oxygens (including phenoxy) is 1. The van der Waals surface area contributed by atoms with Crippen molar-refractivity contribution in [2.45, 2.75) is 44.1 Å². The Balaban J connectivity index is 2.63. The molecule has 0 spiro atoms. The van der Waals surface area contributed by atoms with Gasteiger partial charge in [0, 0.05) is 0 Å². The molecule has 4 N–H and O–H groups in total. The van der Waals surface area contributed by atoms with Gasteiger partial charge in [-0.25, -0.2) is 0 Å². The van der Waals surface area contributed by atoms with E-state index in [9.17, 15) is 10.2 Å². The van der Waals surface area contributed by atoms with Crippen LogP contribution in [0.25, 0.3) is 0 Å². The van der Waals surface area contributed by atoms with Crippen LogP contribution in [-0.2, 0) is 4.74 Å². The van der Waals surface area contributed by atoms with Gasteiger partial charge in [0.25, 0.3) is 0 Å². The molecule has 3 unspecified atom stereocenters. The average Bonchev–Trinajstić information content (AvgIpc) is 2.08. The molecule has 0 aromatic carbocycles. The van der Waals surface area contributed by atoms with Crippen LogP contribution in [0.4, 0.5) is 0 Å². The molecule has 1 heterocycles. The molecule has 0 radical (unpaired) electrons. The van der Waals surface area contributed by atoms with Crippen molar-refractivity contribution in [3.8, 4) is 0 Å². The molecule has 0 aliphatic carbocycles. The maximum atomic E-state index is 9.28. The summed E-state index contributed by atoms with van der Waals surface area (Å²) in [5.41, 5.74) is 0. The fraction of sp³-hybridized carbons (Fsp3) is 1.00. The molecule has 5 atom stereocenters. The summed E-state index contributed by atoms with van der Waals surface area (Å²) in [5, 5.41) is 36.5. The van der Waals surface area contributed by atoms with Gasteiger partial charge in [0.05, 0.1) is 6.10 Å². The van der Waals surface area contributed by atoms with Gasteiger partial charge in [-0.1, -0.05) is 6.92 Å². The lowest BCUT2D eigenvalue weighted by atomic mass is 9.97. The molecule has 1 aliphatic rings. The Morgan fingerprint density at radius 2 is 1.58 bits per heavy atom. The molecule has 1 fully saturated rings. The molecule has 5 heteroatoms. The standard InChI is InChI=1S/C7H14O5/c1-2-3-4(8)5(9)6(10)7(11)12-3/h3-11H,2H2,1H3/t3?,4-,5-,6?,7?/m0/s1. The van der Waals surface area contributed by atoms with Gasteiger partial charge in [-0.2, -0.15) is 0 Å². The maximum Gasteiger partial charge on any atom is 0.183 e. The van der Waals surface area contributed by atoms with Gasteiger partial charge in [0.1, 0.15) is 18.3 Å². The molecule has 0 amide bonds. The lowest BCUT2D eigenvalue weighted by molar-refractivity contribution is -0.281. The average molecular weight is 178 g/mol. The summed E-state index contributed by atoms with van der Waals surface area (Å²) < 4.78 is 4.83. The number of aliphatic hydroxyl groups excluding tert-OH is 4. The minimum atomic E-state index is -1.43. The van der Waals surface area contributed by atoms with E-state index < -0.39 is 30.7 Å². The summed E-state index contributed by atoms with van der Waals surface area (Å²) in [5.74, 6) is 0. The highest BCUT2D eigenvalue weighted by Crippen LogP contribution is 2.21. The van der Waals surface area contributed by atoms with Gasteiger partial charge < -0.3 is 25.2 Å². The molecule has 1 aliphatic heterocycles. The van der Waals surface area contributed by atoms with Crippen molar-refractivity contribution in [1.82, 2.24) is 0 Å². The van der Waals surface area contributed by atoms with Crippen LogP contribution >= 0.6 is 0 Å². The second kappa shape index (κ2) is 3.68. The monoisotopic (exact) mass is 178 g/mol. The minimum Gasteiger partial charge on any atom is -0.388 e. The predicted octanol–water partition coefficient (Wildman–Crippen LogP) is -1.80. The van der Waals surface area contributed by atoms with Crippen molar-refractivity contribution in [3.05, 3.63) is 0 Å². The van der Waals surface area contributed by atoms with Gasteiger partial charge in [0.15, 0.2) is 6.29 Å². The van der Waals surface area contributed by atoms with Crippen LogP contribution in [0, 0.1) is 0 Å². The van der Waals surface area contributed by atoms with E-state index in [2.05, 4.69) is 0 Å². The van der Waals surface area contributed by atoms with E-state index in [4.69, 9.17) is 14.9 Å². The third-order valence-electron chi connectivity index (χ3n) is 2.09. The van der Waals surface area contributed by atoms with E-state index >= 15 is 0 Å². The topological polar surface area (TPSA) is 90.2 Å². The summed E-state index contributed by atoms with van der Waals surface area (Å²) in [6, 6.07) is 0. The molecule has 0 saturated carbocycles. The molecule has 0 aromatic heterocycles. The molecule has 5 nitrogen and oxygen atoms in total. The molecule has 12 heavy (non-hydrogen) atoms. The van der Waals surface area contributed by atoms with Crippen LogP contribution in [0.3, 0.4) is 0 Å². The Morgan fingerprint density at radius 3 is 2.08 bits per heavy atom. The molecule has 0 bridgehead atoms. The quantitative estimate of drug-likeness (QED) is 0.380. The number of hydrogen-bond donors (Lipinski definition) is 4. The zero-order valence-corrected chi connectivity index (χ0v) is 6.79. The van der Waals surface area contributed by atoms with E-state index in [0.29, 0.717) is 6.42 Å². The van der Waals surface area contributed by atoms with Gasteiger partial charge in [-0.05, 0) is 6.42 Å². The number of hydrogen-bond acceptors (Lipinski definition) is 5. The number of rotatable bonds is 1. The zero-order chi connectivity index (χ0) is 9.30. The van der Waals surface area contributed by atoms with Crippen LogP contribution in [0.5, 0.6) is 0 Å². The summed E-state index contributed by atoms with van der Waals surface area (Å²) in [6.45, 7) is 1.75. The van der Waals surface area contributed by atoms with E-state index in [1.165, 1.54) is 0 Å². The van der Waals surface area contributed by atoms with Crippen LogP contribution < -0.4 is 0 Å². The third kappa shape index (κ3) is 1.60. The SMILES string of the molecule is CCC1OC(O)C(O)[C@@H](O)[C@H]1O. The highest BCUT2D eigenvalue weighted by molar-refractivity contribution is 4.87. The van der Waals surface area contributed by atoms with Crippen molar-refractivity contribution in [2.24, 2.45) is 0 Å². The normalized spacial score (nSPS) is 49.2. The van der Waals surface area contributed by atoms with Crippen LogP contribution in [-0.4, -0.2) is 51.1 Å². The highest BCUT2D eigenvalue weighted by atomic mass is 16.6. The lowest BCUT2D eigenvalue weighted by Gasteiger charge is -2.37. The van der Waals surface area contributed by atoms with E-state index in [1.54, 1.807) is 6.92 Å². The van der Waals surface area contributed by atoms with Crippen molar-refractivity contribution in [1.29, 1.82) is 0 Å². The zero-order valence-electron chi connectivity index (χ0n) is 6.79. The van der Waals surface area contributed by atoms with E-state index in [1.807, 2.05) is 0 Å². The fourth-order valence-corrected chi connectivity index (χ4v) is 1.27. The second-order valence-electron chi connectivity index (χ2n) is 2.95. The van der Waals surface area contributed by atoms with E-state index in [0.717, 1.165) is 0 Å². The molecule has 0 aromatic rings. The van der Waals surface area contributed by atoms with Crippen LogP contribution in [0.15, 0.2) is 0 Å².